The van der Waals surface area contributed by atoms with Gasteiger partial charge in [0, 0.05) is 18.3 Å². The first-order chi connectivity index (χ1) is 16.6. The molecule has 2 unspecified atom stereocenters. The van der Waals surface area contributed by atoms with Gasteiger partial charge in [-0.2, -0.15) is 0 Å². The van der Waals surface area contributed by atoms with Crippen molar-refractivity contribution in [2.45, 2.75) is 75.9 Å². The van der Waals surface area contributed by atoms with E-state index >= 15 is 0 Å². The number of fused-ring (bicyclic) bond motifs is 1. The quantitative estimate of drug-likeness (QED) is 0.504. The maximum Gasteiger partial charge on any atom is 0.228 e. The molecule has 2 fully saturated rings. The molecule has 1 aliphatic heterocycles. The topological polar surface area (TPSA) is 75.3 Å². The highest BCUT2D eigenvalue weighted by molar-refractivity contribution is 5.86. The van der Waals surface area contributed by atoms with Crippen molar-refractivity contribution in [3.8, 4) is 5.88 Å². The molecule has 2 heterocycles. The van der Waals surface area contributed by atoms with Crippen LogP contribution >= 0.6 is 0 Å². The van der Waals surface area contributed by atoms with Gasteiger partial charge in [0.1, 0.15) is 12.4 Å². The van der Waals surface area contributed by atoms with Crippen LogP contribution in [-0.2, 0) is 4.79 Å². The summed E-state index contributed by atoms with van der Waals surface area (Å²) in [7, 11) is 0. The van der Waals surface area contributed by atoms with E-state index in [9.17, 15) is 9.18 Å². The van der Waals surface area contributed by atoms with Crippen LogP contribution in [0.4, 0.5) is 15.8 Å². The lowest BCUT2D eigenvalue weighted by atomic mass is 9.73. The molecule has 2 saturated carbocycles. The van der Waals surface area contributed by atoms with E-state index < -0.39 is 5.66 Å². The van der Waals surface area contributed by atoms with Gasteiger partial charge in [-0.15, -0.1) is 0 Å². The fourth-order valence-electron chi connectivity index (χ4n) is 6.02. The number of halogens is 1. The molecule has 34 heavy (non-hydrogen) atoms. The zero-order valence-corrected chi connectivity index (χ0v) is 19.7. The Bertz CT molecular complexity index is 976. The van der Waals surface area contributed by atoms with Crippen LogP contribution in [0.3, 0.4) is 0 Å². The summed E-state index contributed by atoms with van der Waals surface area (Å²) in [5.74, 6) is 0.104. The number of carbonyl (C=O) groups excluding carboxylic acids is 1. The largest absolute Gasteiger partial charge is 0.473 e. The standard InChI is InChI=1S/C27H35FN4O2/c28-20-14-15-22-23(17-20)32-27(31-22,18-34-24-13-7-8-16-29-24)25(19-9-3-1-4-10-19)26(33)30-21-11-5-2-6-12-21/h7-8,13-17,19,21,25,31-32H,1-6,9-12,18H2,(H,30,33). The predicted octanol–water partition coefficient (Wildman–Crippen LogP) is 5.48. The van der Waals surface area contributed by atoms with Crippen molar-refractivity contribution in [2.24, 2.45) is 11.8 Å². The van der Waals surface area contributed by atoms with Crippen molar-refractivity contribution in [3.63, 3.8) is 0 Å². The molecule has 1 amide bonds. The van der Waals surface area contributed by atoms with Gasteiger partial charge in [0.15, 0.2) is 5.66 Å². The normalized spacial score (nSPS) is 23.9. The molecular formula is C27H35FN4O2. The summed E-state index contributed by atoms with van der Waals surface area (Å²) < 4.78 is 20.3. The van der Waals surface area contributed by atoms with Crippen molar-refractivity contribution in [1.29, 1.82) is 0 Å². The third-order valence-corrected chi connectivity index (χ3v) is 7.67. The summed E-state index contributed by atoms with van der Waals surface area (Å²) in [6.07, 6.45) is 12.8. The number of benzene rings is 1. The Kier molecular flexibility index (Phi) is 6.88. The number of ether oxygens (including phenoxy) is 1. The summed E-state index contributed by atoms with van der Waals surface area (Å²) in [6.45, 7) is 0.194. The number of nitrogens with zero attached hydrogens (tertiary/aromatic N) is 1. The van der Waals surface area contributed by atoms with Gasteiger partial charge in [0.05, 0.1) is 17.3 Å². The molecule has 7 heteroatoms. The SMILES string of the molecule is O=C(NC1CCCCC1)C(C1CCCCC1)C1(COc2ccccn2)Nc2ccc(F)cc2N1. The second-order valence-corrected chi connectivity index (χ2v) is 10.1. The van der Waals surface area contributed by atoms with E-state index in [-0.39, 0.29) is 36.2 Å². The van der Waals surface area contributed by atoms with Gasteiger partial charge in [0.2, 0.25) is 11.8 Å². The van der Waals surface area contributed by atoms with Gasteiger partial charge in [-0.25, -0.2) is 9.37 Å². The van der Waals surface area contributed by atoms with Crippen molar-refractivity contribution in [3.05, 3.63) is 48.4 Å². The van der Waals surface area contributed by atoms with E-state index in [2.05, 4.69) is 20.9 Å². The number of rotatable bonds is 7. The van der Waals surface area contributed by atoms with E-state index in [1.54, 1.807) is 12.3 Å². The second kappa shape index (κ2) is 10.2. The molecule has 1 aromatic heterocycles. The summed E-state index contributed by atoms with van der Waals surface area (Å²) in [5, 5.41) is 10.5. The molecule has 2 atom stereocenters. The summed E-state index contributed by atoms with van der Waals surface area (Å²) in [4.78, 5) is 18.3. The minimum absolute atomic E-state index is 0.0664. The molecule has 0 saturated heterocycles. The lowest BCUT2D eigenvalue weighted by Gasteiger charge is -2.43. The summed E-state index contributed by atoms with van der Waals surface area (Å²) in [5.41, 5.74) is 0.558. The fourth-order valence-corrected chi connectivity index (χ4v) is 6.02. The molecule has 2 aromatic rings. The average Bonchev–Trinajstić information content (AvgIpc) is 3.23. The van der Waals surface area contributed by atoms with Crippen LogP contribution in [0.25, 0.3) is 0 Å². The number of aromatic nitrogens is 1. The van der Waals surface area contributed by atoms with Gasteiger partial charge in [-0.3, -0.25) is 4.79 Å². The highest BCUT2D eigenvalue weighted by atomic mass is 19.1. The Balaban J connectivity index is 1.47. The molecule has 1 aromatic carbocycles. The first-order valence-corrected chi connectivity index (χ1v) is 12.8. The maximum absolute atomic E-state index is 14.1. The van der Waals surface area contributed by atoms with E-state index in [1.165, 1.54) is 25.0 Å². The lowest BCUT2D eigenvalue weighted by molar-refractivity contribution is -0.130. The number of amides is 1. The molecule has 0 radical (unpaired) electrons. The minimum atomic E-state index is -0.894. The highest BCUT2D eigenvalue weighted by Crippen LogP contribution is 2.44. The Morgan fingerprint density at radius 1 is 1.03 bits per heavy atom. The zero-order valence-electron chi connectivity index (χ0n) is 19.7. The van der Waals surface area contributed by atoms with E-state index in [0.717, 1.165) is 57.1 Å². The highest BCUT2D eigenvalue weighted by Gasteiger charge is 2.51. The molecule has 0 spiro atoms. The van der Waals surface area contributed by atoms with Crippen molar-refractivity contribution in [1.82, 2.24) is 10.3 Å². The van der Waals surface area contributed by atoms with Gasteiger partial charge in [-0.1, -0.05) is 44.6 Å². The zero-order chi connectivity index (χ0) is 23.4. The summed E-state index contributed by atoms with van der Waals surface area (Å²) >= 11 is 0. The van der Waals surface area contributed by atoms with E-state index in [1.807, 2.05) is 18.2 Å². The Labute approximate surface area is 201 Å². The maximum atomic E-state index is 14.1. The number of nitrogens with one attached hydrogen (secondary N) is 3. The second-order valence-electron chi connectivity index (χ2n) is 10.1. The van der Waals surface area contributed by atoms with Crippen LogP contribution in [0.5, 0.6) is 5.88 Å². The average molecular weight is 467 g/mol. The first-order valence-electron chi connectivity index (χ1n) is 12.8. The van der Waals surface area contributed by atoms with E-state index in [0.29, 0.717) is 11.6 Å². The van der Waals surface area contributed by atoms with Crippen LogP contribution in [0.1, 0.15) is 64.2 Å². The molecule has 6 nitrogen and oxygen atoms in total. The lowest BCUT2D eigenvalue weighted by Crippen LogP contribution is -2.61. The molecule has 182 valence electrons. The molecule has 2 aliphatic carbocycles. The third kappa shape index (κ3) is 4.98. The number of hydrogen-bond acceptors (Lipinski definition) is 5. The number of carbonyl (C=O) groups is 1. The van der Waals surface area contributed by atoms with Gasteiger partial charge in [0.25, 0.3) is 0 Å². The molecule has 3 aliphatic rings. The third-order valence-electron chi connectivity index (χ3n) is 7.67. The number of pyridine rings is 1. The van der Waals surface area contributed by atoms with Crippen LogP contribution in [0.15, 0.2) is 42.6 Å². The van der Waals surface area contributed by atoms with E-state index in [4.69, 9.17) is 4.74 Å². The first kappa shape index (κ1) is 22.9. The Hall–Kier alpha value is -2.83. The van der Waals surface area contributed by atoms with Crippen LogP contribution in [0.2, 0.25) is 0 Å². The molecule has 5 rings (SSSR count). The predicted molar refractivity (Wildman–Crippen MR) is 131 cm³/mol. The van der Waals surface area contributed by atoms with Gasteiger partial charge in [-0.05, 0) is 55.9 Å². The fraction of sp³-hybridized carbons (Fsp3) is 0.556. The number of hydrogen-bond donors (Lipinski definition) is 3. The smallest absolute Gasteiger partial charge is 0.228 e. The van der Waals surface area contributed by atoms with Gasteiger partial charge >= 0.3 is 0 Å². The monoisotopic (exact) mass is 466 g/mol. The van der Waals surface area contributed by atoms with Crippen LogP contribution in [-0.4, -0.2) is 29.2 Å². The molecular weight excluding hydrogens is 431 g/mol. The molecule has 0 bridgehead atoms. The Morgan fingerprint density at radius 2 is 1.76 bits per heavy atom. The molecule has 3 N–H and O–H groups in total. The van der Waals surface area contributed by atoms with Crippen LogP contribution < -0.4 is 20.7 Å². The van der Waals surface area contributed by atoms with Crippen molar-refractivity contribution >= 4 is 17.3 Å². The minimum Gasteiger partial charge on any atom is -0.473 e. The van der Waals surface area contributed by atoms with Crippen molar-refractivity contribution in [2.75, 3.05) is 17.2 Å². The van der Waals surface area contributed by atoms with Crippen LogP contribution in [0, 0.1) is 17.7 Å². The van der Waals surface area contributed by atoms with Crippen molar-refractivity contribution < 1.29 is 13.9 Å². The number of anilines is 2. The van der Waals surface area contributed by atoms with Gasteiger partial charge < -0.3 is 20.7 Å². The summed E-state index contributed by atoms with van der Waals surface area (Å²) in [6, 6.07) is 10.4. The Morgan fingerprint density at radius 3 is 2.50 bits per heavy atom.